The quantitative estimate of drug-likeness (QED) is 0.0643. The fourth-order valence-corrected chi connectivity index (χ4v) is 4.42. The maximum absolute atomic E-state index is 13.7. The van der Waals surface area contributed by atoms with Gasteiger partial charge in [-0.05, 0) is 23.9 Å². The lowest BCUT2D eigenvalue weighted by atomic mass is 9.94. The van der Waals surface area contributed by atoms with Crippen LogP contribution < -0.4 is 0 Å². The van der Waals surface area contributed by atoms with E-state index in [9.17, 15) is 103 Å². The summed E-state index contributed by atoms with van der Waals surface area (Å²) < 4.78 is 263. The van der Waals surface area contributed by atoms with E-state index in [-0.39, 0.29) is 18.2 Å². The number of nitrogens with zero attached hydrogens (tertiary/aromatic N) is 1. The Bertz CT molecular complexity index is 1300. The van der Waals surface area contributed by atoms with Crippen molar-refractivity contribution >= 4 is 34.2 Å². The van der Waals surface area contributed by atoms with Crippen LogP contribution in [-0.2, 0) is 20.3 Å². The van der Waals surface area contributed by atoms with E-state index in [1.807, 2.05) is 0 Å². The molecule has 0 saturated heterocycles. The molecule has 45 heavy (non-hydrogen) atoms. The molecule has 0 aliphatic heterocycles. The highest BCUT2D eigenvalue weighted by atomic mass is 32.2. The van der Waals surface area contributed by atoms with Crippen molar-refractivity contribution < 1.29 is 102 Å². The van der Waals surface area contributed by atoms with Crippen LogP contribution in [0.15, 0.2) is 28.0 Å². The molecule has 0 radical (unpaired) electrons. The highest BCUT2D eigenvalue weighted by Crippen LogP contribution is 2.58. The van der Waals surface area contributed by atoms with Gasteiger partial charge in [0.25, 0.3) is 5.69 Å². The Morgan fingerprint density at radius 1 is 0.822 bits per heavy atom. The van der Waals surface area contributed by atoms with Gasteiger partial charge in [0.1, 0.15) is 10.6 Å². The largest absolute Gasteiger partial charge is 0.460 e. The number of nitro groups is 1. The summed E-state index contributed by atoms with van der Waals surface area (Å²) in [5, 5.41) is 5.14. The van der Waals surface area contributed by atoms with Gasteiger partial charge in [0.15, 0.2) is 6.61 Å². The Morgan fingerprint density at radius 2 is 1.31 bits per heavy atom. The molecule has 1 unspecified atom stereocenters. The number of ether oxygens (including phenoxy) is 1. The number of hydrogen-bond acceptors (Lipinski definition) is 6. The van der Waals surface area contributed by atoms with Gasteiger partial charge in [-0.3, -0.25) is 19.1 Å². The summed E-state index contributed by atoms with van der Waals surface area (Å²) in [6.07, 6.45) is -12.6. The second-order valence-corrected chi connectivity index (χ2v) is 10.7. The van der Waals surface area contributed by atoms with E-state index < -0.39 is 115 Å². The van der Waals surface area contributed by atoms with Gasteiger partial charge in [0.05, 0.1) is 15.7 Å². The second-order valence-electron chi connectivity index (χ2n) is 8.08. The van der Waals surface area contributed by atoms with Crippen molar-refractivity contribution in [2.45, 2.75) is 63.2 Å². The van der Waals surface area contributed by atoms with E-state index in [0.29, 0.717) is 0 Å². The highest BCUT2D eigenvalue weighted by Gasteiger charge is 2.88. The minimum Gasteiger partial charge on any atom is -0.458 e. The van der Waals surface area contributed by atoms with E-state index in [0.717, 1.165) is 0 Å². The van der Waals surface area contributed by atoms with Crippen LogP contribution in [0, 0.1) is 10.1 Å². The van der Waals surface area contributed by atoms with Gasteiger partial charge in [-0.15, -0.1) is 0 Å². The van der Waals surface area contributed by atoms with Crippen LogP contribution in [0.4, 0.5) is 89.1 Å². The van der Waals surface area contributed by atoms with Gasteiger partial charge in [0.2, 0.25) is 0 Å². The topological polar surface area (TPSA) is 86.5 Å². The molecule has 0 heterocycles. The first-order valence-corrected chi connectivity index (χ1v) is 12.4. The number of carbonyl (C=O) groups excluding carboxylic acids is 1. The van der Waals surface area contributed by atoms with E-state index in [4.69, 9.17) is 0 Å². The Balaban J connectivity index is 3.20. The average Bonchev–Trinajstić information content (AvgIpc) is 2.85. The van der Waals surface area contributed by atoms with Crippen LogP contribution in [0.25, 0.3) is 0 Å². The molecule has 0 amide bonds. The number of benzene rings is 1. The number of thioether (sulfide) groups is 1. The van der Waals surface area contributed by atoms with E-state index in [1.54, 1.807) is 0 Å². The van der Waals surface area contributed by atoms with Crippen LogP contribution in [0.2, 0.25) is 0 Å². The van der Waals surface area contributed by atoms with Crippen LogP contribution in [0.1, 0.15) is 0 Å². The first-order valence-electron chi connectivity index (χ1n) is 10.2. The van der Waals surface area contributed by atoms with Gasteiger partial charge < -0.3 is 4.74 Å². The maximum atomic E-state index is 13.7. The third-order valence-electron chi connectivity index (χ3n) is 4.94. The Hall–Kier alpha value is -2.74. The third kappa shape index (κ3) is 7.31. The van der Waals surface area contributed by atoms with Crippen LogP contribution >= 0.6 is 11.8 Å². The lowest BCUT2D eigenvalue weighted by molar-refractivity contribution is -0.414. The molecule has 0 N–H and O–H groups in total. The summed E-state index contributed by atoms with van der Waals surface area (Å²) in [7, 11) is -3.33. The van der Waals surface area contributed by atoms with Gasteiger partial charge in [-0.1, -0.05) is 0 Å². The van der Waals surface area contributed by atoms with Crippen molar-refractivity contribution in [2.24, 2.45) is 0 Å². The third-order valence-corrected chi connectivity index (χ3v) is 7.28. The number of alkyl halides is 19. The molecular weight excluding hydrogens is 735 g/mol. The Morgan fingerprint density at radius 3 is 1.73 bits per heavy atom. The number of carbonyl (C=O) groups is 1. The molecule has 260 valence electrons. The molecule has 1 rings (SSSR count). The van der Waals surface area contributed by atoms with Gasteiger partial charge in [-0.2, -0.15) is 74.6 Å². The predicted octanol–water partition coefficient (Wildman–Crippen LogP) is 7.57. The molecule has 0 spiro atoms. The van der Waals surface area contributed by atoms with Gasteiger partial charge >= 0.3 is 59.4 Å². The molecular formula is C18H8F19NO5S2. The number of halogens is 19. The molecule has 0 bridgehead atoms. The van der Waals surface area contributed by atoms with Crippen molar-refractivity contribution in [1.82, 2.24) is 0 Å². The fraction of sp³-hybridized carbons (Fsp3) is 0.611. The summed E-state index contributed by atoms with van der Waals surface area (Å²) in [5.41, 5.74) is -1.68. The second kappa shape index (κ2) is 12.5. The molecule has 1 atom stereocenters. The lowest BCUT2D eigenvalue weighted by Gasteiger charge is -2.38. The molecule has 1 aromatic carbocycles. The molecule has 0 aliphatic carbocycles. The summed E-state index contributed by atoms with van der Waals surface area (Å²) >= 11 is -1.59. The van der Waals surface area contributed by atoms with Crippen molar-refractivity contribution in [3.8, 4) is 0 Å². The van der Waals surface area contributed by atoms with Crippen LogP contribution in [0.5, 0.6) is 0 Å². The molecule has 0 aromatic heterocycles. The molecule has 0 aliphatic rings. The molecule has 27 heteroatoms. The lowest BCUT2D eigenvalue weighted by Crippen LogP contribution is -2.69. The predicted molar refractivity (Wildman–Crippen MR) is 108 cm³/mol. The highest BCUT2D eigenvalue weighted by molar-refractivity contribution is 8.00. The molecule has 1 aromatic rings. The SMILES string of the molecule is O=C(CS(=O)c1ccc(SC(F)(F)C(F)(F)C(F)(F)F)cc1[N+](=O)[O-])OCC(F)(F)C(F)(F)C(F)(F)C(F)(F)C(F)(F)C(F)F. The summed E-state index contributed by atoms with van der Waals surface area (Å²) in [5.74, 6) is -48.8. The standard InChI is InChI=1S/C18H8F19NO5S2/c19-10(20)12(23,24)14(27,28)15(29,30)13(25,26)11(21,22)5-43-9(39)4-45(42)8-2-1-6(3-7(8)38(40)41)44-18(36,37)16(31,32)17(33,34)35/h1-3,10H,4-5H2. The Kier molecular flexibility index (Phi) is 11.2. The van der Waals surface area contributed by atoms with Gasteiger partial charge in [0, 0.05) is 11.0 Å². The summed E-state index contributed by atoms with van der Waals surface area (Å²) in [6.45, 7) is -3.43. The summed E-state index contributed by atoms with van der Waals surface area (Å²) in [4.78, 5) is 18.4. The van der Waals surface area contributed by atoms with Crippen molar-refractivity contribution in [2.75, 3.05) is 12.4 Å². The first-order chi connectivity index (χ1) is 19.7. The van der Waals surface area contributed by atoms with Crippen molar-refractivity contribution in [3.05, 3.63) is 28.3 Å². The Labute approximate surface area is 240 Å². The molecule has 6 nitrogen and oxygen atoms in total. The van der Waals surface area contributed by atoms with Crippen molar-refractivity contribution in [1.29, 1.82) is 0 Å². The number of rotatable bonds is 14. The number of hydrogen-bond donors (Lipinski definition) is 0. The van der Waals surface area contributed by atoms with Gasteiger partial charge in [-0.25, -0.2) is 8.78 Å². The minimum absolute atomic E-state index is 0.0836. The monoisotopic (exact) mass is 743 g/mol. The minimum atomic E-state index is -7.97. The maximum Gasteiger partial charge on any atom is 0.460 e. The van der Waals surface area contributed by atoms with Crippen LogP contribution in [-0.4, -0.2) is 80.9 Å². The van der Waals surface area contributed by atoms with Crippen molar-refractivity contribution in [3.63, 3.8) is 0 Å². The molecule has 0 fully saturated rings. The average molecular weight is 743 g/mol. The zero-order valence-corrected chi connectivity index (χ0v) is 21.8. The summed E-state index contributed by atoms with van der Waals surface area (Å²) in [6, 6.07) is -0.00127. The normalized spacial score (nSPS) is 15.3. The first kappa shape index (κ1) is 40.3. The fourth-order valence-electron chi connectivity index (χ4n) is 2.53. The number of esters is 1. The van der Waals surface area contributed by atoms with Crippen LogP contribution in [0.3, 0.4) is 0 Å². The van der Waals surface area contributed by atoms with E-state index in [1.165, 1.54) is 0 Å². The molecule has 0 saturated carbocycles. The zero-order chi connectivity index (χ0) is 36.0. The smallest absolute Gasteiger partial charge is 0.458 e. The number of nitro benzene ring substituents is 1. The van der Waals surface area contributed by atoms with E-state index in [2.05, 4.69) is 4.74 Å². The van der Waals surface area contributed by atoms with E-state index >= 15 is 0 Å². The zero-order valence-electron chi connectivity index (χ0n) is 20.2.